The predicted molar refractivity (Wildman–Crippen MR) is 79.9 cm³/mol. The highest BCUT2D eigenvalue weighted by molar-refractivity contribution is 5.80. The third-order valence-corrected chi connectivity index (χ3v) is 4.39. The molecule has 19 heavy (non-hydrogen) atoms. The first-order chi connectivity index (χ1) is 8.85. The highest BCUT2D eigenvalue weighted by Gasteiger charge is 2.30. The summed E-state index contributed by atoms with van der Waals surface area (Å²) < 4.78 is 0. The third kappa shape index (κ3) is 5.49. The van der Waals surface area contributed by atoms with Gasteiger partial charge in [-0.2, -0.15) is 0 Å². The number of carbonyl (C=O) groups excluding carboxylic acids is 1. The van der Waals surface area contributed by atoms with Gasteiger partial charge in [-0.1, -0.05) is 20.8 Å². The molecule has 0 saturated heterocycles. The van der Waals surface area contributed by atoms with Crippen molar-refractivity contribution in [1.82, 2.24) is 10.2 Å². The van der Waals surface area contributed by atoms with Gasteiger partial charge in [-0.3, -0.25) is 4.79 Å². The average molecular weight is 269 g/mol. The zero-order chi connectivity index (χ0) is 14.5. The van der Waals surface area contributed by atoms with E-state index in [1.807, 2.05) is 0 Å². The standard InChI is InChI=1S/C15H31N3O/c1-5-10-17-13(14(16)19)11-18(4)12-6-8-15(2,3)9-7-12/h12-13,17H,5-11H2,1-4H3,(H2,16,19). The maximum Gasteiger partial charge on any atom is 0.235 e. The van der Waals surface area contributed by atoms with E-state index in [0.717, 1.165) is 19.5 Å². The topological polar surface area (TPSA) is 58.4 Å². The number of hydrogen-bond donors (Lipinski definition) is 2. The summed E-state index contributed by atoms with van der Waals surface area (Å²) in [6, 6.07) is 0.373. The van der Waals surface area contributed by atoms with Gasteiger partial charge < -0.3 is 16.0 Å². The summed E-state index contributed by atoms with van der Waals surface area (Å²) in [6.45, 7) is 8.36. The van der Waals surface area contributed by atoms with Crippen LogP contribution in [0, 0.1) is 5.41 Å². The monoisotopic (exact) mass is 269 g/mol. The van der Waals surface area contributed by atoms with Crippen LogP contribution in [0.3, 0.4) is 0 Å². The van der Waals surface area contributed by atoms with Crippen molar-refractivity contribution in [2.75, 3.05) is 20.1 Å². The number of nitrogens with one attached hydrogen (secondary N) is 1. The number of primary amides is 1. The molecule has 112 valence electrons. The Bertz CT molecular complexity index is 281. The lowest BCUT2D eigenvalue weighted by molar-refractivity contribution is -0.120. The zero-order valence-electron chi connectivity index (χ0n) is 13.0. The van der Waals surface area contributed by atoms with E-state index in [0.29, 0.717) is 11.5 Å². The molecule has 1 unspecified atom stereocenters. The molecule has 0 aromatic carbocycles. The number of nitrogens with zero attached hydrogens (tertiary/aromatic N) is 1. The smallest absolute Gasteiger partial charge is 0.235 e. The summed E-state index contributed by atoms with van der Waals surface area (Å²) >= 11 is 0. The van der Waals surface area contributed by atoms with Crippen LogP contribution < -0.4 is 11.1 Å². The van der Waals surface area contributed by atoms with Gasteiger partial charge in [-0.05, 0) is 51.1 Å². The van der Waals surface area contributed by atoms with Crippen molar-refractivity contribution in [3.8, 4) is 0 Å². The highest BCUT2D eigenvalue weighted by atomic mass is 16.1. The van der Waals surface area contributed by atoms with Crippen LogP contribution in [0.25, 0.3) is 0 Å². The van der Waals surface area contributed by atoms with Crippen molar-refractivity contribution in [1.29, 1.82) is 0 Å². The molecule has 1 atom stereocenters. The number of rotatable bonds is 7. The van der Waals surface area contributed by atoms with E-state index in [1.165, 1.54) is 25.7 Å². The molecule has 0 spiro atoms. The molecular formula is C15H31N3O. The Hall–Kier alpha value is -0.610. The van der Waals surface area contributed by atoms with Crippen molar-refractivity contribution in [3.63, 3.8) is 0 Å². The highest BCUT2D eigenvalue weighted by Crippen LogP contribution is 2.36. The quantitative estimate of drug-likeness (QED) is 0.740. The summed E-state index contributed by atoms with van der Waals surface area (Å²) in [5, 5.41) is 3.24. The van der Waals surface area contributed by atoms with Crippen LogP contribution in [0.15, 0.2) is 0 Å². The minimum absolute atomic E-state index is 0.222. The van der Waals surface area contributed by atoms with Crippen molar-refractivity contribution in [2.45, 2.75) is 65.0 Å². The molecule has 1 fully saturated rings. The Morgan fingerprint density at radius 2 is 2.00 bits per heavy atom. The first-order valence-electron chi connectivity index (χ1n) is 7.58. The number of likely N-dealkylation sites (N-methyl/N-ethyl adjacent to an activating group) is 1. The van der Waals surface area contributed by atoms with E-state index >= 15 is 0 Å². The van der Waals surface area contributed by atoms with Crippen LogP contribution in [0.2, 0.25) is 0 Å². The van der Waals surface area contributed by atoms with Gasteiger partial charge in [0.15, 0.2) is 0 Å². The SMILES string of the molecule is CCCNC(CN(C)C1CCC(C)(C)CC1)C(N)=O. The van der Waals surface area contributed by atoms with E-state index < -0.39 is 0 Å². The maximum absolute atomic E-state index is 11.5. The van der Waals surface area contributed by atoms with Crippen molar-refractivity contribution < 1.29 is 4.79 Å². The Kier molecular flexibility index (Phi) is 6.27. The van der Waals surface area contributed by atoms with Crippen LogP contribution in [0.1, 0.15) is 52.9 Å². The molecule has 0 bridgehead atoms. The fourth-order valence-electron chi connectivity index (χ4n) is 2.84. The van der Waals surface area contributed by atoms with E-state index in [9.17, 15) is 4.79 Å². The second kappa shape index (κ2) is 7.25. The van der Waals surface area contributed by atoms with Gasteiger partial charge in [-0.25, -0.2) is 0 Å². The molecule has 0 heterocycles. The van der Waals surface area contributed by atoms with Gasteiger partial charge >= 0.3 is 0 Å². The van der Waals surface area contributed by atoms with Gasteiger partial charge in [0.05, 0.1) is 6.04 Å². The van der Waals surface area contributed by atoms with Crippen LogP contribution in [0.5, 0.6) is 0 Å². The van der Waals surface area contributed by atoms with Crippen LogP contribution >= 0.6 is 0 Å². The minimum Gasteiger partial charge on any atom is -0.368 e. The molecule has 3 N–H and O–H groups in total. The molecule has 0 aromatic heterocycles. The summed E-state index contributed by atoms with van der Waals surface area (Å²) in [5.41, 5.74) is 5.96. The van der Waals surface area contributed by atoms with Gasteiger partial charge in [0.25, 0.3) is 0 Å². The summed E-state index contributed by atoms with van der Waals surface area (Å²) in [6.07, 6.45) is 6.01. The lowest BCUT2D eigenvalue weighted by Crippen LogP contribution is -2.51. The molecule has 4 heteroatoms. The Balaban J connectivity index is 2.44. The normalized spacial score (nSPS) is 21.5. The number of hydrogen-bond acceptors (Lipinski definition) is 3. The fraction of sp³-hybridized carbons (Fsp3) is 0.933. The second-order valence-electron chi connectivity index (χ2n) is 6.74. The van der Waals surface area contributed by atoms with Crippen molar-refractivity contribution in [3.05, 3.63) is 0 Å². The van der Waals surface area contributed by atoms with Gasteiger partial charge in [-0.15, -0.1) is 0 Å². The summed E-state index contributed by atoms with van der Waals surface area (Å²) in [7, 11) is 2.12. The van der Waals surface area contributed by atoms with Gasteiger partial charge in [0.2, 0.25) is 5.91 Å². The lowest BCUT2D eigenvalue weighted by atomic mass is 9.75. The minimum atomic E-state index is -0.239. The first-order valence-corrected chi connectivity index (χ1v) is 7.58. The molecule has 1 rings (SSSR count). The van der Waals surface area contributed by atoms with Gasteiger partial charge in [0.1, 0.15) is 0 Å². The van der Waals surface area contributed by atoms with Crippen LogP contribution in [-0.2, 0) is 4.79 Å². The Morgan fingerprint density at radius 1 is 1.42 bits per heavy atom. The van der Waals surface area contributed by atoms with E-state index in [2.05, 4.69) is 38.0 Å². The van der Waals surface area contributed by atoms with Crippen molar-refractivity contribution in [2.24, 2.45) is 11.1 Å². The Morgan fingerprint density at radius 3 is 2.47 bits per heavy atom. The molecule has 1 saturated carbocycles. The molecule has 1 aliphatic rings. The van der Waals surface area contributed by atoms with Crippen LogP contribution in [-0.4, -0.2) is 43.0 Å². The van der Waals surface area contributed by atoms with E-state index in [-0.39, 0.29) is 11.9 Å². The molecule has 1 aliphatic carbocycles. The average Bonchev–Trinajstić information content (AvgIpc) is 2.33. The predicted octanol–water partition coefficient (Wildman–Crippen LogP) is 1.74. The molecule has 1 amide bonds. The Labute approximate surface area is 118 Å². The molecule has 0 radical (unpaired) electrons. The lowest BCUT2D eigenvalue weighted by Gasteiger charge is -2.39. The fourth-order valence-corrected chi connectivity index (χ4v) is 2.84. The van der Waals surface area contributed by atoms with E-state index in [1.54, 1.807) is 0 Å². The molecular weight excluding hydrogens is 238 g/mol. The summed E-state index contributed by atoms with van der Waals surface area (Å²) in [5.74, 6) is -0.239. The first kappa shape index (κ1) is 16.4. The third-order valence-electron chi connectivity index (χ3n) is 4.39. The number of carbonyl (C=O) groups is 1. The zero-order valence-corrected chi connectivity index (χ0v) is 13.0. The van der Waals surface area contributed by atoms with Crippen LogP contribution in [0.4, 0.5) is 0 Å². The molecule has 0 aromatic rings. The number of nitrogens with two attached hydrogens (primary N) is 1. The summed E-state index contributed by atoms with van der Waals surface area (Å²) in [4.78, 5) is 13.8. The number of amides is 1. The largest absolute Gasteiger partial charge is 0.368 e. The second-order valence-corrected chi connectivity index (χ2v) is 6.74. The molecule has 0 aliphatic heterocycles. The van der Waals surface area contributed by atoms with Crippen molar-refractivity contribution >= 4 is 5.91 Å². The van der Waals surface area contributed by atoms with E-state index in [4.69, 9.17) is 5.73 Å². The van der Waals surface area contributed by atoms with Gasteiger partial charge in [0, 0.05) is 12.6 Å². The molecule has 4 nitrogen and oxygen atoms in total. The maximum atomic E-state index is 11.5.